The van der Waals surface area contributed by atoms with Crippen LogP contribution in [0.4, 0.5) is 0 Å². The third kappa shape index (κ3) is 3.37. The summed E-state index contributed by atoms with van der Waals surface area (Å²) in [7, 11) is 1.53. The number of pyridine rings is 1. The Kier molecular flexibility index (Phi) is 4.35. The van der Waals surface area contributed by atoms with E-state index in [9.17, 15) is 5.11 Å². The van der Waals surface area contributed by atoms with Crippen LogP contribution in [0.2, 0.25) is 0 Å². The molecule has 0 aliphatic heterocycles. The van der Waals surface area contributed by atoms with Gasteiger partial charge in [0.25, 0.3) is 0 Å². The molecule has 3 nitrogen and oxygen atoms in total. The summed E-state index contributed by atoms with van der Waals surface area (Å²) < 4.78 is 5.75. The topological polar surface area (TPSA) is 42.4 Å². The van der Waals surface area contributed by atoms with Gasteiger partial charge in [0.15, 0.2) is 11.5 Å². The number of hydrogen-bond acceptors (Lipinski definition) is 3. The molecule has 0 saturated heterocycles. The van der Waals surface area contributed by atoms with E-state index in [0.29, 0.717) is 10.2 Å². The zero-order valence-corrected chi connectivity index (χ0v) is 14.5. The molecule has 0 atom stereocenters. The average Bonchev–Trinajstić information content (AvgIpc) is 2.55. The number of hydrogen-bond donors (Lipinski definition) is 1. The fourth-order valence-corrected chi connectivity index (χ4v) is 2.84. The van der Waals surface area contributed by atoms with E-state index in [1.807, 2.05) is 30.4 Å². The zero-order chi connectivity index (χ0) is 16.4. The van der Waals surface area contributed by atoms with Crippen LogP contribution in [0, 0.1) is 6.92 Å². The second-order valence-corrected chi connectivity index (χ2v) is 6.17. The molecule has 4 heteroatoms. The standard InChI is InChI=1S/C19H16BrNO2/c1-12-3-8-17-14(9-12)5-7-15(21-17)6-4-13-10-16(20)19(22)18(11-13)23-2/h3-11,22H,1-2H3/b6-4+. The van der Waals surface area contributed by atoms with Crippen molar-refractivity contribution in [3.8, 4) is 11.5 Å². The predicted octanol–water partition coefficient (Wildman–Crippen LogP) is 5.19. The summed E-state index contributed by atoms with van der Waals surface area (Å²) in [5, 5.41) is 11.0. The first-order valence-corrected chi connectivity index (χ1v) is 7.98. The molecule has 2 aromatic carbocycles. The maximum atomic E-state index is 9.84. The number of fused-ring (bicyclic) bond motifs is 1. The smallest absolute Gasteiger partial charge is 0.172 e. The molecule has 0 spiro atoms. The van der Waals surface area contributed by atoms with E-state index < -0.39 is 0 Å². The SMILES string of the molecule is COc1cc(/C=C/c2ccc3cc(C)ccc3n2)cc(Br)c1O. The third-order valence-electron chi connectivity index (χ3n) is 3.58. The summed E-state index contributed by atoms with van der Waals surface area (Å²) in [5.41, 5.74) is 3.99. The van der Waals surface area contributed by atoms with Crippen molar-refractivity contribution in [2.45, 2.75) is 6.92 Å². The fraction of sp³-hybridized carbons (Fsp3) is 0.105. The molecular weight excluding hydrogens is 354 g/mol. The van der Waals surface area contributed by atoms with Crippen molar-refractivity contribution in [1.82, 2.24) is 4.98 Å². The summed E-state index contributed by atoms with van der Waals surface area (Å²) in [6, 6.07) is 13.9. The van der Waals surface area contributed by atoms with Crippen molar-refractivity contribution in [2.75, 3.05) is 7.11 Å². The molecule has 0 aliphatic rings. The Morgan fingerprint density at radius 3 is 2.70 bits per heavy atom. The van der Waals surface area contributed by atoms with Crippen LogP contribution in [0.15, 0.2) is 46.9 Å². The van der Waals surface area contributed by atoms with Gasteiger partial charge in [-0.05, 0) is 64.8 Å². The maximum Gasteiger partial charge on any atom is 0.172 e. The molecule has 0 aliphatic carbocycles. The number of aromatic hydroxyl groups is 1. The Hall–Kier alpha value is -2.33. The highest BCUT2D eigenvalue weighted by Crippen LogP contribution is 2.35. The van der Waals surface area contributed by atoms with Crippen LogP contribution in [0.5, 0.6) is 11.5 Å². The molecule has 0 saturated carbocycles. The quantitative estimate of drug-likeness (QED) is 0.690. The summed E-state index contributed by atoms with van der Waals surface area (Å²) >= 11 is 3.32. The number of halogens is 1. The van der Waals surface area contributed by atoms with Crippen LogP contribution in [-0.4, -0.2) is 17.2 Å². The summed E-state index contributed by atoms with van der Waals surface area (Å²) in [5.74, 6) is 0.532. The van der Waals surface area contributed by atoms with Crippen LogP contribution in [0.1, 0.15) is 16.8 Å². The second kappa shape index (κ2) is 6.42. The molecule has 1 aromatic heterocycles. The minimum Gasteiger partial charge on any atom is -0.503 e. The van der Waals surface area contributed by atoms with Gasteiger partial charge in [0, 0.05) is 5.39 Å². The van der Waals surface area contributed by atoms with Gasteiger partial charge in [-0.25, -0.2) is 4.98 Å². The second-order valence-electron chi connectivity index (χ2n) is 5.32. The van der Waals surface area contributed by atoms with Crippen molar-refractivity contribution in [2.24, 2.45) is 0 Å². The zero-order valence-electron chi connectivity index (χ0n) is 12.9. The van der Waals surface area contributed by atoms with Gasteiger partial charge in [0.2, 0.25) is 0 Å². The third-order valence-corrected chi connectivity index (χ3v) is 4.19. The van der Waals surface area contributed by atoms with Crippen molar-refractivity contribution >= 4 is 39.0 Å². The Bertz CT molecular complexity index is 903. The van der Waals surface area contributed by atoms with Crippen LogP contribution in [0.3, 0.4) is 0 Å². The highest BCUT2D eigenvalue weighted by molar-refractivity contribution is 9.10. The Morgan fingerprint density at radius 1 is 1.09 bits per heavy atom. The van der Waals surface area contributed by atoms with Gasteiger partial charge in [-0.2, -0.15) is 0 Å². The maximum absolute atomic E-state index is 9.84. The van der Waals surface area contributed by atoms with E-state index in [1.54, 1.807) is 6.07 Å². The molecule has 1 N–H and O–H groups in total. The number of phenols is 1. The van der Waals surface area contributed by atoms with E-state index in [2.05, 4.69) is 46.0 Å². The van der Waals surface area contributed by atoms with E-state index in [-0.39, 0.29) is 5.75 Å². The van der Waals surface area contributed by atoms with E-state index in [4.69, 9.17) is 4.74 Å². The number of methoxy groups -OCH3 is 1. The molecule has 3 aromatic rings. The van der Waals surface area contributed by atoms with E-state index in [1.165, 1.54) is 12.7 Å². The molecule has 116 valence electrons. The summed E-state index contributed by atoms with van der Waals surface area (Å²) in [6.45, 7) is 2.07. The van der Waals surface area contributed by atoms with Crippen molar-refractivity contribution in [3.63, 3.8) is 0 Å². The number of nitrogens with zero attached hydrogens (tertiary/aromatic N) is 1. The van der Waals surface area contributed by atoms with Crippen LogP contribution < -0.4 is 4.74 Å². The number of benzene rings is 2. The lowest BCUT2D eigenvalue weighted by molar-refractivity contribution is 0.372. The van der Waals surface area contributed by atoms with Crippen LogP contribution in [0.25, 0.3) is 23.1 Å². The number of rotatable bonds is 3. The predicted molar refractivity (Wildman–Crippen MR) is 97.8 cm³/mol. The number of aryl methyl sites for hydroxylation is 1. The molecule has 23 heavy (non-hydrogen) atoms. The molecule has 3 rings (SSSR count). The largest absolute Gasteiger partial charge is 0.503 e. The monoisotopic (exact) mass is 369 g/mol. The van der Waals surface area contributed by atoms with Crippen molar-refractivity contribution in [1.29, 1.82) is 0 Å². The minimum absolute atomic E-state index is 0.101. The van der Waals surface area contributed by atoms with Gasteiger partial charge in [-0.15, -0.1) is 0 Å². The van der Waals surface area contributed by atoms with Crippen LogP contribution in [-0.2, 0) is 0 Å². The fourth-order valence-electron chi connectivity index (χ4n) is 2.38. The Morgan fingerprint density at radius 2 is 1.91 bits per heavy atom. The number of aromatic nitrogens is 1. The molecule has 0 fully saturated rings. The van der Waals surface area contributed by atoms with Crippen molar-refractivity contribution in [3.05, 3.63) is 63.8 Å². The molecule has 0 amide bonds. The Labute approximate surface area is 143 Å². The van der Waals surface area contributed by atoms with Gasteiger partial charge in [0.1, 0.15) is 0 Å². The normalized spacial score (nSPS) is 11.3. The molecule has 1 heterocycles. The van der Waals surface area contributed by atoms with Gasteiger partial charge in [-0.3, -0.25) is 0 Å². The lowest BCUT2D eigenvalue weighted by atomic mass is 10.1. The number of phenolic OH excluding ortho intramolecular Hbond substituents is 1. The first-order valence-electron chi connectivity index (χ1n) is 7.19. The lowest BCUT2D eigenvalue weighted by Crippen LogP contribution is -1.86. The average molecular weight is 370 g/mol. The van der Waals surface area contributed by atoms with Crippen molar-refractivity contribution < 1.29 is 9.84 Å². The molecule has 0 unspecified atom stereocenters. The van der Waals surface area contributed by atoms with Gasteiger partial charge in [0.05, 0.1) is 22.8 Å². The van der Waals surface area contributed by atoms with Gasteiger partial charge < -0.3 is 9.84 Å². The minimum atomic E-state index is 0.101. The van der Waals surface area contributed by atoms with E-state index >= 15 is 0 Å². The highest BCUT2D eigenvalue weighted by atomic mass is 79.9. The first kappa shape index (κ1) is 15.6. The molecule has 0 radical (unpaired) electrons. The molecule has 0 bridgehead atoms. The Balaban J connectivity index is 1.93. The summed E-state index contributed by atoms with van der Waals surface area (Å²) in [4.78, 5) is 4.63. The van der Waals surface area contributed by atoms with Crippen LogP contribution >= 0.6 is 15.9 Å². The number of ether oxygens (including phenoxy) is 1. The highest BCUT2D eigenvalue weighted by Gasteiger charge is 2.07. The lowest BCUT2D eigenvalue weighted by Gasteiger charge is -2.06. The molecular formula is C19H16BrNO2. The summed E-state index contributed by atoms with van der Waals surface area (Å²) in [6.07, 6.45) is 3.88. The van der Waals surface area contributed by atoms with Gasteiger partial charge >= 0.3 is 0 Å². The van der Waals surface area contributed by atoms with Gasteiger partial charge in [-0.1, -0.05) is 23.8 Å². The van der Waals surface area contributed by atoms with E-state index in [0.717, 1.165) is 22.2 Å². The first-order chi connectivity index (χ1) is 11.1.